The van der Waals surface area contributed by atoms with Crippen LogP contribution in [-0.2, 0) is 11.2 Å². The van der Waals surface area contributed by atoms with Crippen molar-refractivity contribution in [3.8, 4) is 5.75 Å². The molecular weight excluding hydrogens is 486 g/mol. The number of nitrogens with one attached hydrogen (secondary N) is 2. The number of hydrogen-bond donors (Lipinski definition) is 3. The largest absolute Gasteiger partial charge is 0.477 e. The van der Waals surface area contributed by atoms with Crippen molar-refractivity contribution in [3.63, 3.8) is 0 Å². The van der Waals surface area contributed by atoms with E-state index in [1.165, 1.54) is 6.33 Å². The second-order valence-corrected chi connectivity index (χ2v) is 10.7. The van der Waals surface area contributed by atoms with E-state index < -0.39 is 17.1 Å². The Hall–Kier alpha value is -4.68. The molecule has 1 aliphatic heterocycles. The summed E-state index contributed by atoms with van der Waals surface area (Å²) < 4.78 is 7.10. The molecule has 1 aliphatic carbocycles. The Morgan fingerprint density at radius 1 is 0.923 bits per heavy atom. The first-order valence-corrected chi connectivity index (χ1v) is 13.1. The van der Waals surface area contributed by atoms with Crippen LogP contribution in [0.25, 0.3) is 21.8 Å². The van der Waals surface area contributed by atoms with Crippen LogP contribution in [0.4, 0.5) is 0 Å². The average Bonchev–Trinajstić information content (AvgIpc) is 3.53. The summed E-state index contributed by atoms with van der Waals surface area (Å²) >= 11 is 0. The number of H-pyrrole nitrogens is 2. The molecule has 3 N–H and O–H groups in total. The minimum absolute atomic E-state index is 0.280. The Labute approximate surface area is 223 Å². The van der Waals surface area contributed by atoms with Crippen molar-refractivity contribution >= 4 is 21.8 Å². The smallest absolute Gasteiger partial charge is 0.255 e. The van der Waals surface area contributed by atoms with Crippen molar-refractivity contribution < 1.29 is 9.84 Å². The minimum Gasteiger partial charge on any atom is -0.477 e. The van der Waals surface area contributed by atoms with Crippen LogP contribution in [0.3, 0.4) is 0 Å². The molecule has 0 spiro atoms. The van der Waals surface area contributed by atoms with Crippen LogP contribution in [-0.4, -0.2) is 20.1 Å². The number of para-hydroxylation sites is 1. The van der Waals surface area contributed by atoms with E-state index >= 15 is 0 Å². The zero-order valence-electron chi connectivity index (χ0n) is 21.4. The molecule has 190 valence electrons. The Kier molecular flexibility index (Phi) is 4.27. The minimum atomic E-state index is -1.72. The molecular formula is C33H25N3O3. The quantitative estimate of drug-likeness (QED) is 0.279. The lowest BCUT2D eigenvalue weighted by Crippen LogP contribution is -2.49. The van der Waals surface area contributed by atoms with Gasteiger partial charge in [0.25, 0.3) is 5.56 Å². The van der Waals surface area contributed by atoms with E-state index in [-0.39, 0.29) is 5.56 Å². The van der Waals surface area contributed by atoms with Gasteiger partial charge in [-0.05, 0) is 37.1 Å². The Morgan fingerprint density at radius 2 is 1.67 bits per heavy atom. The number of benzene rings is 4. The van der Waals surface area contributed by atoms with Crippen molar-refractivity contribution in [2.75, 3.05) is 0 Å². The van der Waals surface area contributed by atoms with Crippen LogP contribution in [0.1, 0.15) is 45.0 Å². The van der Waals surface area contributed by atoms with Gasteiger partial charge in [0.05, 0.1) is 29.0 Å². The molecule has 0 unspecified atom stereocenters. The molecule has 6 nitrogen and oxygen atoms in total. The van der Waals surface area contributed by atoms with E-state index in [0.717, 1.165) is 44.1 Å². The number of aromatic amines is 2. The van der Waals surface area contributed by atoms with Crippen molar-refractivity contribution in [3.05, 3.63) is 141 Å². The summed E-state index contributed by atoms with van der Waals surface area (Å²) in [6, 6.07) is 28.0. The van der Waals surface area contributed by atoms with Gasteiger partial charge in [-0.1, -0.05) is 78.4 Å². The van der Waals surface area contributed by atoms with Crippen molar-refractivity contribution in [2.45, 2.75) is 31.0 Å². The van der Waals surface area contributed by atoms with Crippen molar-refractivity contribution in [1.82, 2.24) is 15.0 Å². The van der Waals surface area contributed by atoms with Gasteiger partial charge < -0.3 is 19.8 Å². The highest BCUT2D eigenvalue weighted by Gasteiger charge is 2.73. The SMILES string of the molecule is Cc1ccc([C@@]23Oc4cc5c([nH]c6ccccc65)c(C)c4[C@]2(O)c2nc[nH]c(=O)c2[C@H]3c2ccccc2)cc1. The summed E-state index contributed by atoms with van der Waals surface area (Å²) in [6.45, 7) is 4.03. The number of hydrogen-bond acceptors (Lipinski definition) is 4. The maximum Gasteiger partial charge on any atom is 0.255 e. The summed E-state index contributed by atoms with van der Waals surface area (Å²) in [7, 11) is 0. The molecule has 0 amide bonds. The summed E-state index contributed by atoms with van der Waals surface area (Å²) in [4.78, 5) is 24.5. The number of fused-ring (bicyclic) bond motifs is 8. The van der Waals surface area contributed by atoms with E-state index in [9.17, 15) is 9.90 Å². The Balaban J connectivity index is 1.55. The third-order valence-corrected chi connectivity index (χ3v) is 8.73. The zero-order chi connectivity index (χ0) is 26.5. The molecule has 4 aromatic carbocycles. The lowest BCUT2D eigenvalue weighted by molar-refractivity contribution is -0.0906. The van der Waals surface area contributed by atoms with Gasteiger partial charge in [0.1, 0.15) is 5.75 Å². The molecule has 3 heterocycles. The van der Waals surface area contributed by atoms with E-state index in [0.29, 0.717) is 22.6 Å². The molecule has 0 radical (unpaired) electrons. The van der Waals surface area contributed by atoms with Gasteiger partial charge in [0.2, 0.25) is 0 Å². The highest BCUT2D eigenvalue weighted by Crippen LogP contribution is 2.68. The standard InChI is InChI=1S/C33H25N3O3/c1-18-12-14-21(15-13-18)33-28(20-8-4-3-5-9-20)26-30(34-17-35-31(26)37)32(33,38)27-19(2)29-23(16-25(27)39-33)22-10-6-7-11-24(22)36-29/h3-17,28,36,38H,1-2H3,(H,34,35,37)/t28-,32+,33+/m1/s1. The fourth-order valence-electron chi connectivity index (χ4n) is 7.10. The Morgan fingerprint density at radius 3 is 2.46 bits per heavy atom. The molecule has 0 fully saturated rings. The maximum atomic E-state index is 13.6. The van der Waals surface area contributed by atoms with Crippen LogP contribution in [0.15, 0.2) is 96.1 Å². The number of aryl methyl sites for hydroxylation is 2. The second kappa shape index (κ2) is 7.46. The van der Waals surface area contributed by atoms with Crippen LogP contribution >= 0.6 is 0 Å². The lowest BCUT2D eigenvalue weighted by Gasteiger charge is -2.40. The van der Waals surface area contributed by atoms with Crippen LogP contribution < -0.4 is 10.3 Å². The highest BCUT2D eigenvalue weighted by atomic mass is 16.5. The molecule has 3 atom stereocenters. The van der Waals surface area contributed by atoms with E-state index in [4.69, 9.17) is 4.74 Å². The molecule has 0 saturated carbocycles. The summed E-state index contributed by atoms with van der Waals surface area (Å²) in [6.07, 6.45) is 1.38. The molecule has 2 aromatic heterocycles. The molecule has 6 aromatic rings. The number of aromatic nitrogens is 3. The topological polar surface area (TPSA) is 91.0 Å². The molecule has 8 rings (SSSR count). The number of aliphatic hydroxyl groups is 1. The third kappa shape index (κ3) is 2.59. The van der Waals surface area contributed by atoms with Gasteiger partial charge in [0, 0.05) is 27.4 Å². The van der Waals surface area contributed by atoms with Gasteiger partial charge >= 0.3 is 0 Å². The fourth-order valence-corrected chi connectivity index (χ4v) is 7.10. The fraction of sp³-hybridized carbons (Fsp3) is 0.152. The van der Waals surface area contributed by atoms with E-state index in [2.05, 4.69) is 21.0 Å². The summed E-state index contributed by atoms with van der Waals surface area (Å²) in [5.74, 6) is -0.0118. The summed E-state index contributed by atoms with van der Waals surface area (Å²) in [5, 5.41) is 15.3. The van der Waals surface area contributed by atoms with Crippen LogP contribution in [0, 0.1) is 13.8 Å². The van der Waals surface area contributed by atoms with Gasteiger partial charge in [-0.15, -0.1) is 0 Å². The third-order valence-electron chi connectivity index (χ3n) is 8.73. The van der Waals surface area contributed by atoms with E-state index in [1.54, 1.807) is 0 Å². The first-order valence-electron chi connectivity index (χ1n) is 13.1. The molecule has 0 saturated heterocycles. The molecule has 39 heavy (non-hydrogen) atoms. The summed E-state index contributed by atoms with van der Waals surface area (Å²) in [5.41, 5.74) is 3.60. The average molecular weight is 512 g/mol. The first-order chi connectivity index (χ1) is 18.9. The van der Waals surface area contributed by atoms with Crippen molar-refractivity contribution in [1.29, 1.82) is 0 Å². The van der Waals surface area contributed by atoms with Crippen LogP contribution in [0.2, 0.25) is 0 Å². The Bertz CT molecular complexity index is 2010. The van der Waals surface area contributed by atoms with Gasteiger partial charge in [-0.2, -0.15) is 0 Å². The maximum absolute atomic E-state index is 13.6. The second-order valence-electron chi connectivity index (χ2n) is 10.7. The predicted octanol–water partition coefficient (Wildman–Crippen LogP) is 5.69. The van der Waals surface area contributed by atoms with Crippen molar-refractivity contribution in [2.24, 2.45) is 0 Å². The van der Waals surface area contributed by atoms with E-state index in [1.807, 2.05) is 92.7 Å². The molecule has 2 aliphatic rings. The van der Waals surface area contributed by atoms with Gasteiger partial charge in [-0.25, -0.2) is 4.98 Å². The lowest BCUT2D eigenvalue weighted by atomic mass is 9.69. The number of rotatable bonds is 2. The molecule has 6 heteroatoms. The zero-order valence-corrected chi connectivity index (χ0v) is 21.4. The number of ether oxygens (including phenoxy) is 1. The predicted molar refractivity (Wildman–Crippen MR) is 150 cm³/mol. The first kappa shape index (κ1) is 22.3. The van der Waals surface area contributed by atoms with Crippen LogP contribution in [0.5, 0.6) is 5.75 Å². The highest BCUT2D eigenvalue weighted by molar-refractivity contribution is 6.09. The van der Waals surface area contributed by atoms with Gasteiger partial charge in [0.15, 0.2) is 11.2 Å². The molecule has 0 bridgehead atoms. The monoisotopic (exact) mass is 511 g/mol. The normalized spacial score (nSPS) is 23.0. The number of nitrogens with zero attached hydrogens (tertiary/aromatic N) is 1. The van der Waals surface area contributed by atoms with Gasteiger partial charge in [-0.3, -0.25) is 4.79 Å².